The molecule has 0 amide bonds. The Kier molecular flexibility index (Phi) is 9.29. The highest BCUT2D eigenvalue weighted by atomic mass is 16.3. The third-order valence-corrected chi connectivity index (χ3v) is 8.42. The third-order valence-electron chi connectivity index (χ3n) is 8.42. The highest BCUT2D eigenvalue weighted by Crippen LogP contribution is 2.29. The highest BCUT2D eigenvalue weighted by molar-refractivity contribution is 6.05. The molecule has 0 aliphatic rings. The molecule has 0 bridgehead atoms. The molecule has 0 spiro atoms. The Bertz CT molecular complexity index is 2200. The number of furan rings is 1. The zero-order valence-electron chi connectivity index (χ0n) is 27.2. The van der Waals surface area contributed by atoms with Crippen molar-refractivity contribution in [2.24, 2.45) is 5.92 Å². The molecule has 0 saturated heterocycles. The number of aromatic amines is 1. The van der Waals surface area contributed by atoms with Crippen molar-refractivity contribution in [2.45, 2.75) is 53.6 Å². The SMILES string of the molecule is CC(=O)Cn1c(-c2ccccc2)nc(C)c(NCc2ccc3oc4ccccc4c3c2)c1=O.CCC(C)Cc1cc2cnccc2[nH]1. The number of nitrogens with zero attached hydrogens (tertiary/aromatic N) is 3. The number of anilines is 1. The second-order valence-electron chi connectivity index (χ2n) is 12.1. The molecule has 7 aromatic rings. The average molecular weight is 626 g/mol. The van der Waals surface area contributed by atoms with Gasteiger partial charge >= 0.3 is 0 Å². The summed E-state index contributed by atoms with van der Waals surface area (Å²) in [4.78, 5) is 37.5. The van der Waals surface area contributed by atoms with Crippen molar-refractivity contribution in [3.8, 4) is 11.4 Å². The van der Waals surface area contributed by atoms with Crippen LogP contribution < -0.4 is 10.9 Å². The van der Waals surface area contributed by atoms with Crippen LogP contribution in [0.3, 0.4) is 0 Å². The Hall–Kier alpha value is -5.50. The number of pyridine rings is 1. The molecule has 0 saturated carbocycles. The molecule has 0 aliphatic carbocycles. The standard InChI is InChI=1S/C27H23N3O3.C12H16N2/c1-17(31)16-30-26(20-8-4-3-5-9-20)29-18(2)25(27(30)32)28-15-19-12-13-24-22(14-19)21-10-6-7-11-23(21)33-24;1-3-9(2)6-11-7-10-8-13-5-4-12(10)14-11/h3-14,28H,15-16H2,1-2H3;4-5,7-9,14H,3,6H2,1-2H3. The van der Waals surface area contributed by atoms with Gasteiger partial charge in [0.15, 0.2) is 0 Å². The number of aryl methyl sites for hydroxylation is 1. The Labute approximate surface area is 273 Å². The minimum Gasteiger partial charge on any atom is -0.456 e. The normalized spacial score (nSPS) is 11.8. The van der Waals surface area contributed by atoms with Crippen molar-refractivity contribution in [3.05, 3.63) is 125 Å². The van der Waals surface area contributed by atoms with Crippen molar-refractivity contribution >= 4 is 44.3 Å². The lowest BCUT2D eigenvalue weighted by Crippen LogP contribution is -2.29. The number of nitrogens with one attached hydrogen (secondary N) is 2. The fraction of sp³-hybridized carbons (Fsp3) is 0.231. The van der Waals surface area contributed by atoms with Gasteiger partial charge in [-0.05, 0) is 62.1 Å². The van der Waals surface area contributed by atoms with Gasteiger partial charge in [-0.2, -0.15) is 0 Å². The van der Waals surface area contributed by atoms with E-state index in [0.717, 1.165) is 45.4 Å². The second kappa shape index (κ2) is 13.9. The van der Waals surface area contributed by atoms with E-state index in [9.17, 15) is 9.59 Å². The Morgan fingerprint density at radius 1 is 0.979 bits per heavy atom. The summed E-state index contributed by atoms with van der Waals surface area (Å²) < 4.78 is 7.34. The number of ketones is 1. The summed E-state index contributed by atoms with van der Waals surface area (Å²) in [5.74, 6) is 1.13. The maximum absolute atomic E-state index is 13.4. The number of carbonyl (C=O) groups is 1. The van der Waals surface area contributed by atoms with Gasteiger partial charge in [-0.1, -0.05) is 74.9 Å². The van der Waals surface area contributed by atoms with Gasteiger partial charge in [-0.15, -0.1) is 0 Å². The lowest BCUT2D eigenvalue weighted by Gasteiger charge is -2.16. The fourth-order valence-electron chi connectivity index (χ4n) is 5.78. The van der Waals surface area contributed by atoms with Crippen molar-refractivity contribution in [1.29, 1.82) is 0 Å². The molecule has 1 atom stereocenters. The first kappa shape index (κ1) is 31.5. The molecule has 3 aromatic carbocycles. The van der Waals surface area contributed by atoms with Gasteiger partial charge in [0.2, 0.25) is 0 Å². The van der Waals surface area contributed by atoms with E-state index in [2.05, 4.69) is 46.2 Å². The van der Waals surface area contributed by atoms with Crippen LogP contribution in [0.2, 0.25) is 0 Å². The van der Waals surface area contributed by atoms with E-state index in [1.54, 1.807) is 6.92 Å². The summed E-state index contributed by atoms with van der Waals surface area (Å²) in [6.45, 7) is 8.20. The summed E-state index contributed by atoms with van der Waals surface area (Å²) in [5.41, 5.74) is 6.73. The lowest BCUT2D eigenvalue weighted by molar-refractivity contribution is -0.117. The topological polar surface area (TPSA) is 106 Å². The summed E-state index contributed by atoms with van der Waals surface area (Å²) in [5, 5.41) is 6.56. The molecular formula is C39H39N5O3. The number of hydrogen-bond donors (Lipinski definition) is 2. The molecule has 2 N–H and O–H groups in total. The van der Waals surface area contributed by atoms with Gasteiger partial charge in [-0.25, -0.2) is 4.98 Å². The number of rotatable bonds is 9. The van der Waals surface area contributed by atoms with E-state index in [1.807, 2.05) is 85.2 Å². The maximum atomic E-state index is 13.4. The fourth-order valence-corrected chi connectivity index (χ4v) is 5.78. The highest BCUT2D eigenvalue weighted by Gasteiger charge is 2.17. The Balaban J connectivity index is 0.000000230. The van der Waals surface area contributed by atoms with E-state index >= 15 is 0 Å². The van der Waals surface area contributed by atoms with Crippen LogP contribution in [0.1, 0.15) is 44.1 Å². The molecule has 0 radical (unpaired) electrons. The van der Waals surface area contributed by atoms with Crippen LogP contribution in [0.5, 0.6) is 0 Å². The molecule has 0 fully saturated rings. The van der Waals surface area contributed by atoms with Crippen LogP contribution in [0, 0.1) is 12.8 Å². The monoisotopic (exact) mass is 625 g/mol. The minimum absolute atomic E-state index is 0.0298. The van der Waals surface area contributed by atoms with Crippen LogP contribution in [0.25, 0.3) is 44.2 Å². The summed E-state index contributed by atoms with van der Waals surface area (Å²) in [6.07, 6.45) is 6.09. The molecule has 8 nitrogen and oxygen atoms in total. The number of hydrogen-bond acceptors (Lipinski definition) is 6. The number of aromatic nitrogens is 4. The molecule has 0 aliphatic heterocycles. The van der Waals surface area contributed by atoms with Crippen LogP contribution in [0.4, 0.5) is 5.69 Å². The minimum atomic E-state index is -0.258. The predicted octanol–water partition coefficient (Wildman–Crippen LogP) is 8.47. The molecule has 238 valence electrons. The quantitative estimate of drug-likeness (QED) is 0.167. The number of H-pyrrole nitrogens is 1. The van der Waals surface area contributed by atoms with Crippen molar-refractivity contribution < 1.29 is 9.21 Å². The van der Waals surface area contributed by atoms with E-state index in [1.165, 1.54) is 34.5 Å². The molecule has 1 unspecified atom stereocenters. The Morgan fingerprint density at radius 3 is 2.51 bits per heavy atom. The number of fused-ring (bicyclic) bond motifs is 4. The first-order chi connectivity index (χ1) is 22.8. The van der Waals surface area contributed by atoms with Crippen molar-refractivity contribution in [2.75, 3.05) is 5.32 Å². The summed E-state index contributed by atoms with van der Waals surface area (Å²) >= 11 is 0. The molecule has 7 rings (SSSR count). The average Bonchev–Trinajstić information content (AvgIpc) is 3.66. The predicted molar refractivity (Wildman–Crippen MR) is 190 cm³/mol. The van der Waals surface area contributed by atoms with Crippen LogP contribution in [-0.4, -0.2) is 25.3 Å². The first-order valence-corrected chi connectivity index (χ1v) is 16.0. The molecule has 47 heavy (non-hydrogen) atoms. The lowest BCUT2D eigenvalue weighted by atomic mass is 10.0. The van der Waals surface area contributed by atoms with Gasteiger partial charge in [0.1, 0.15) is 28.5 Å². The Morgan fingerprint density at radius 2 is 1.74 bits per heavy atom. The van der Waals surface area contributed by atoms with Crippen LogP contribution in [0.15, 0.2) is 107 Å². The number of carbonyl (C=O) groups excluding carboxylic acids is 1. The molecular weight excluding hydrogens is 586 g/mol. The van der Waals surface area contributed by atoms with E-state index in [0.29, 0.717) is 23.8 Å². The summed E-state index contributed by atoms with van der Waals surface area (Å²) in [7, 11) is 0. The molecule has 4 heterocycles. The maximum Gasteiger partial charge on any atom is 0.277 e. The number of para-hydroxylation sites is 1. The third kappa shape index (κ3) is 7.02. The van der Waals surface area contributed by atoms with E-state index in [-0.39, 0.29) is 17.9 Å². The summed E-state index contributed by atoms with van der Waals surface area (Å²) in [6, 6.07) is 27.6. The first-order valence-electron chi connectivity index (χ1n) is 16.0. The smallest absolute Gasteiger partial charge is 0.277 e. The van der Waals surface area contributed by atoms with Crippen LogP contribution >= 0.6 is 0 Å². The zero-order valence-corrected chi connectivity index (χ0v) is 27.2. The van der Waals surface area contributed by atoms with Gasteiger partial charge in [0.25, 0.3) is 5.56 Å². The van der Waals surface area contributed by atoms with Crippen molar-refractivity contribution in [3.63, 3.8) is 0 Å². The van der Waals surface area contributed by atoms with Gasteiger partial charge < -0.3 is 14.7 Å². The number of Topliss-reactive ketones (excluding diaryl/α,β-unsaturated/α-hetero) is 1. The zero-order chi connectivity index (χ0) is 32.9. The largest absolute Gasteiger partial charge is 0.456 e. The van der Waals surface area contributed by atoms with E-state index < -0.39 is 0 Å². The van der Waals surface area contributed by atoms with Crippen LogP contribution in [-0.2, 0) is 24.3 Å². The van der Waals surface area contributed by atoms with Crippen molar-refractivity contribution in [1.82, 2.24) is 19.5 Å². The molecule has 8 heteroatoms. The van der Waals surface area contributed by atoms with Gasteiger partial charge in [0, 0.05) is 51.9 Å². The molecule has 4 aromatic heterocycles. The van der Waals surface area contributed by atoms with Gasteiger partial charge in [0.05, 0.1) is 12.2 Å². The van der Waals surface area contributed by atoms with Gasteiger partial charge in [-0.3, -0.25) is 19.1 Å². The number of benzene rings is 3. The second-order valence-corrected chi connectivity index (χ2v) is 12.1. The van der Waals surface area contributed by atoms with E-state index in [4.69, 9.17) is 4.42 Å².